The van der Waals surface area contributed by atoms with Crippen molar-refractivity contribution in [3.8, 4) is 0 Å². The molecule has 1 amide bonds. The average Bonchev–Trinajstić information content (AvgIpc) is 3.07. The van der Waals surface area contributed by atoms with Gasteiger partial charge in [-0.15, -0.1) is 0 Å². The van der Waals surface area contributed by atoms with Gasteiger partial charge in [0.2, 0.25) is 5.91 Å². The smallest absolute Gasteiger partial charge is 0.273 e. The molecule has 0 saturated carbocycles. The van der Waals surface area contributed by atoms with Crippen molar-refractivity contribution >= 4 is 22.5 Å². The summed E-state index contributed by atoms with van der Waals surface area (Å²) in [6.07, 6.45) is 2.44. The van der Waals surface area contributed by atoms with Crippen LogP contribution < -0.4 is 10.9 Å². The molecule has 2 aromatic heterocycles. The van der Waals surface area contributed by atoms with Gasteiger partial charge in [-0.25, -0.2) is 4.52 Å². The average molecular weight is 402 g/mol. The van der Waals surface area contributed by atoms with Crippen LogP contribution in [-0.4, -0.2) is 26.6 Å². The van der Waals surface area contributed by atoms with E-state index in [0.29, 0.717) is 18.6 Å². The number of hydrogen-bond donors (Lipinski definition) is 1. The monoisotopic (exact) mass is 402 g/mol. The summed E-state index contributed by atoms with van der Waals surface area (Å²) in [5.74, 6) is -0.0219. The Morgan fingerprint density at radius 2 is 1.83 bits per heavy atom. The first kappa shape index (κ1) is 19.9. The van der Waals surface area contributed by atoms with Crippen molar-refractivity contribution in [3.05, 3.63) is 82.3 Å². The molecule has 1 atom stereocenters. The van der Waals surface area contributed by atoms with E-state index >= 15 is 0 Å². The largest absolute Gasteiger partial charge is 0.354 e. The number of benzene rings is 2. The van der Waals surface area contributed by atoms with Crippen LogP contribution in [0.3, 0.4) is 0 Å². The van der Waals surface area contributed by atoms with E-state index < -0.39 is 6.04 Å². The van der Waals surface area contributed by atoms with E-state index in [0.717, 1.165) is 29.4 Å². The molecule has 1 N–H and O–H groups in total. The lowest BCUT2D eigenvalue weighted by atomic mass is 10.1. The highest BCUT2D eigenvalue weighted by Crippen LogP contribution is 2.26. The normalized spacial score (nSPS) is 12.3. The van der Waals surface area contributed by atoms with Gasteiger partial charge in [0, 0.05) is 23.7 Å². The maximum atomic E-state index is 13.1. The standard InChI is InChI=1S/C24H26N4O2/c1-3-20(24(30)25-15-9-12-18-10-5-4-6-11-18)28-21-14-8-7-13-19(21)23-26-22(29)16-17(2)27(23)28/h4-8,10-11,13-14,16,20H,3,9,12,15H2,1-2H3,(H,25,30)/t20-/m0/s1. The van der Waals surface area contributed by atoms with Gasteiger partial charge in [0.25, 0.3) is 5.56 Å². The van der Waals surface area contributed by atoms with E-state index in [1.54, 1.807) is 0 Å². The number of carbonyl (C=O) groups is 1. The molecule has 2 heterocycles. The van der Waals surface area contributed by atoms with Crippen LogP contribution in [0.15, 0.2) is 65.5 Å². The van der Waals surface area contributed by atoms with Gasteiger partial charge in [-0.2, -0.15) is 4.98 Å². The van der Waals surface area contributed by atoms with Crippen molar-refractivity contribution in [2.45, 2.75) is 39.2 Å². The molecular formula is C24H26N4O2. The molecule has 4 aromatic rings. The highest BCUT2D eigenvalue weighted by Gasteiger charge is 2.24. The SMILES string of the molecule is CC[C@@H](C(=O)NCCCc1ccccc1)n1c2ccccc2c2nc(=O)cc(C)n21. The van der Waals surface area contributed by atoms with Gasteiger partial charge in [0.15, 0.2) is 5.65 Å². The third-order valence-electron chi connectivity index (χ3n) is 5.46. The number of rotatable bonds is 7. The Labute approximate surface area is 175 Å². The van der Waals surface area contributed by atoms with Crippen molar-refractivity contribution < 1.29 is 4.79 Å². The first-order valence-corrected chi connectivity index (χ1v) is 10.4. The van der Waals surface area contributed by atoms with Crippen LogP contribution in [0.5, 0.6) is 0 Å². The summed E-state index contributed by atoms with van der Waals surface area (Å²) >= 11 is 0. The third kappa shape index (κ3) is 3.73. The van der Waals surface area contributed by atoms with Crippen molar-refractivity contribution in [2.24, 2.45) is 0 Å². The van der Waals surface area contributed by atoms with Crippen molar-refractivity contribution in [2.75, 3.05) is 6.54 Å². The van der Waals surface area contributed by atoms with Gasteiger partial charge in [-0.1, -0.05) is 49.4 Å². The van der Waals surface area contributed by atoms with Crippen LogP contribution >= 0.6 is 0 Å². The fourth-order valence-corrected chi connectivity index (χ4v) is 4.05. The minimum absolute atomic E-state index is 0.0219. The molecule has 4 rings (SSSR count). The summed E-state index contributed by atoms with van der Waals surface area (Å²) in [4.78, 5) is 29.4. The summed E-state index contributed by atoms with van der Waals surface area (Å²) in [5.41, 5.74) is 3.24. The van der Waals surface area contributed by atoms with Crippen molar-refractivity contribution in [1.29, 1.82) is 0 Å². The maximum Gasteiger partial charge on any atom is 0.273 e. The van der Waals surface area contributed by atoms with Crippen molar-refractivity contribution in [3.63, 3.8) is 0 Å². The first-order chi connectivity index (χ1) is 14.6. The molecule has 6 heteroatoms. The molecule has 0 unspecified atom stereocenters. The minimum Gasteiger partial charge on any atom is -0.354 e. The molecule has 0 fully saturated rings. The van der Waals surface area contributed by atoms with Crippen LogP contribution in [0.25, 0.3) is 16.6 Å². The zero-order valence-corrected chi connectivity index (χ0v) is 17.3. The van der Waals surface area contributed by atoms with Gasteiger partial charge in [-0.05, 0) is 43.9 Å². The Kier molecular flexibility index (Phi) is 5.65. The zero-order valence-electron chi connectivity index (χ0n) is 17.3. The fraction of sp³-hybridized carbons (Fsp3) is 0.292. The van der Waals surface area contributed by atoms with Crippen molar-refractivity contribution in [1.82, 2.24) is 19.5 Å². The number of nitrogens with one attached hydrogen (secondary N) is 1. The molecule has 0 aliphatic heterocycles. The summed E-state index contributed by atoms with van der Waals surface area (Å²) in [6.45, 7) is 4.49. The van der Waals surface area contributed by atoms with Crippen LogP contribution in [0.4, 0.5) is 0 Å². The predicted octanol–water partition coefficient (Wildman–Crippen LogP) is 3.66. The van der Waals surface area contributed by atoms with Crippen LogP contribution in [0.1, 0.15) is 37.1 Å². The van der Waals surface area contributed by atoms with Gasteiger partial charge in [0.05, 0.1) is 5.52 Å². The Hall–Kier alpha value is -3.41. The van der Waals surface area contributed by atoms with Crippen LogP contribution in [0.2, 0.25) is 0 Å². The number of para-hydroxylation sites is 1. The van der Waals surface area contributed by atoms with E-state index in [1.165, 1.54) is 11.6 Å². The number of carbonyl (C=O) groups excluding carboxylic acids is 1. The number of nitrogens with zero attached hydrogens (tertiary/aromatic N) is 3. The zero-order chi connectivity index (χ0) is 21.1. The van der Waals surface area contributed by atoms with E-state index in [9.17, 15) is 9.59 Å². The predicted molar refractivity (Wildman–Crippen MR) is 119 cm³/mol. The fourth-order valence-electron chi connectivity index (χ4n) is 4.05. The Morgan fingerprint density at radius 3 is 2.60 bits per heavy atom. The second kappa shape index (κ2) is 8.53. The lowest BCUT2D eigenvalue weighted by molar-refractivity contribution is -0.124. The lowest BCUT2D eigenvalue weighted by Gasteiger charge is -2.20. The topological polar surface area (TPSA) is 68.4 Å². The molecule has 0 bridgehead atoms. The van der Waals surface area contributed by atoms with Gasteiger partial charge >= 0.3 is 0 Å². The molecule has 2 aromatic carbocycles. The molecule has 30 heavy (non-hydrogen) atoms. The van der Waals surface area contributed by atoms with Gasteiger partial charge < -0.3 is 5.32 Å². The molecule has 0 aliphatic rings. The molecule has 0 saturated heterocycles. The molecule has 0 radical (unpaired) electrons. The Balaban J connectivity index is 1.62. The highest BCUT2D eigenvalue weighted by molar-refractivity contribution is 5.94. The number of amides is 1. The third-order valence-corrected chi connectivity index (χ3v) is 5.46. The molecule has 6 nitrogen and oxygen atoms in total. The van der Waals surface area contributed by atoms with Crippen LogP contribution in [-0.2, 0) is 11.2 Å². The Morgan fingerprint density at radius 1 is 1.10 bits per heavy atom. The van der Waals surface area contributed by atoms with Crippen LogP contribution in [0, 0.1) is 6.92 Å². The molecule has 0 aliphatic carbocycles. The molecular weight excluding hydrogens is 376 g/mol. The van der Waals surface area contributed by atoms with Gasteiger partial charge in [-0.3, -0.25) is 14.3 Å². The summed E-state index contributed by atoms with van der Waals surface area (Å²) in [6, 6.07) is 19.2. The van der Waals surface area contributed by atoms with E-state index in [-0.39, 0.29) is 11.5 Å². The first-order valence-electron chi connectivity index (χ1n) is 10.4. The van der Waals surface area contributed by atoms with Gasteiger partial charge in [0.1, 0.15) is 6.04 Å². The van der Waals surface area contributed by atoms with E-state index in [2.05, 4.69) is 22.4 Å². The molecule has 0 spiro atoms. The van der Waals surface area contributed by atoms with E-state index in [4.69, 9.17) is 0 Å². The molecule has 154 valence electrons. The second-order valence-electron chi connectivity index (χ2n) is 7.54. The summed E-state index contributed by atoms with van der Waals surface area (Å²) in [7, 11) is 0. The second-order valence-corrected chi connectivity index (χ2v) is 7.54. The highest BCUT2D eigenvalue weighted by atomic mass is 16.2. The lowest BCUT2D eigenvalue weighted by Crippen LogP contribution is -2.35. The summed E-state index contributed by atoms with van der Waals surface area (Å²) in [5, 5.41) is 3.97. The Bertz CT molecular complexity index is 1240. The van der Waals surface area contributed by atoms with E-state index in [1.807, 2.05) is 65.5 Å². The maximum absolute atomic E-state index is 13.1. The number of fused-ring (bicyclic) bond motifs is 3. The quantitative estimate of drug-likeness (QED) is 0.480. The number of aryl methyl sites for hydroxylation is 2. The number of aromatic nitrogens is 3. The minimum atomic E-state index is -0.396. The summed E-state index contributed by atoms with van der Waals surface area (Å²) < 4.78 is 3.86. The number of hydrogen-bond acceptors (Lipinski definition) is 3.